The molecule has 3 heteroatoms. The van der Waals surface area contributed by atoms with Crippen molar-refractivity contribution in [1.29, 1.82) is 0 Å². The van der Waals surface area contributed by atoms with Crippen LogP contribution in [0.25, 0.3) is 10.9 Å². The molecular weight excluding hydrogens is 215 g/mol. The van der Waals surface area contributed by atoms with Gasteiger partial charge in [-0.15, -0.1) is 0 Å². The number of hydrogen-bond acceptors (Lipinski definition) is 2. The smallest absolute Gasteiger partial charge is 0.165 e. The molecule has 90 valence electrons. The van der Waals surface area contributed by atoms with Crippen molar-refractivity contribution < 1.29 is 4.39 Å². The first-order valence-electron chi connectivity index (χ1n) is 5.70. The molecule has 0 unspecified atom stereocenters. The molecule has 0 radical (unpaired) electrons. The Labute approximate surface area is 101 Å². The van der Waals surface area contributed by atoms with Crippen molar-refractivity contribution in [2.75, 3.05) is 5.73 Å². The van der Waals surface area contributed by atoms with Crippen LogP contribution in [0.5, 0.6) is 0 Å². The highest BCUT2D eigenvalue weighted by Gasteiger charge is 2.12. The van der Waals surface area contributed by atoms with Gasteiger partial charge in [0.05, 0.1) is 5.52 Å². The molecule has 1 aromatic carbocycles. The summed E-state index contributed by atoms with van der Waals surface area (Å²) in [6, 6.07) is 7.33. The summed E-state index contributed by atoms with van der Waals surface area (Å²) in [7, 11) is 0. The Morgan fingerprint density at radius 3 is 2.59 bits per heavy atom. The van der Waals surface area contributed by atoms with E-state index in [0.29, 0.717) is 0 Å². The van der Waals surface area contributed by atoms with Crippen LogP contribution in [0.15, 0.2) is 24.3 Å². The molecule has 17 heavy (non-hydrogen) atoms. The summed E-state index contributed by atoms with van der Waals surface area (Å²) in [5.41, 5.74) is 7.65. The second-order valence-corrected chi connectivity index (χ2v) is 5.62. The molecule has 1 aromatic heterocycles. The number of aromatic nitrogens is 1. The Kier molecular flexibility index (Phi) is 2.77. The lowest BCUT2D eigenvalue weighted by Crippen LogP contribution is -2.09. The molecule has 0 amide bonds. The van der Waals surface area contributed by atoms with Gasteiger partial charge in [-0.25, -0.2) is 9.37 Å². The molecule has 0 aliphatic rings. The van der Waals surface area contributed by atoms with Crippen molar-refractivity contribution in [2.24, 2.45) is 5.41 Å². The lowest BCUT2D eigenvalue weighted by Gasteiger charge is -2.18. The summed E-state index contributed by atoms with van der Waals surface area (Å²) < 4.78 is 13.2. The largest absolute Gasteiger partial charge is 0.381 e. The maximum absolute atomic E-state index is 13.2. The second-order valence-electron chi connectivity index (χ2n) is 5.62. The molecule has 0 aliphatic carbocycles. The predicted molar refractivity (Wildman–Crippen MR) is 69.3 cm³/mol. The monoisotopic (exact) mass is 232 g/mol. The van der Waals surface area contributed by atoms with Gasteiger partial charge in [0, 0.05) is 5.39 Å². The zero-order valence-corrected chi connectivity index (χ0v) is 10.4. The molecule has 0 saturated carbocycles. The summed E-state index contributed by atoms with van der Waals surface area (Å²) in [6.45, 7) is 6.55. The third-order valence-corrected chi connectivity index (χ3v) is 2.60. The first-order chi connectivity index (χ1) is 7.85. The Balaban J connectivity index is 2.47. The van der Waals surface area contributed by atoms with E-state index in [1.165, 1.54) is 11.6 Å². The maximum atomic E-state index is 13.2. The van der Waals surface area contributed by atoms with Crippen LogP contribution in [0.4, 0.5) is 10.2 Å². The maximum Gasteiger partial charge on any atom is 0.165 e. The van der Waals surface area contributed by atoms with Gasteiger partial charge in [0.15, 0.2) is 11.6 Å². The average Bonchev–Trinajstić information content (AvgIpc) is 2.18. The van der Waals surface area contributed by atoms with Crippen LogP contribution >= 0.6 is 0 Å². The standard InChI is InChI=1S/C14H17FN2/c1-14(2,3)8-9-4-5-10-7-11(15)13(16)17-12(10)6-9/h4-7H,8H2,1-3H3,(H2,16,17). The molecular formula is C14H17FN2. The van der Waals surface area contributed by atoms with Crippen molar-refractivity contribution in [3.63, 3.8) is 0 Å². The molecule has 1 heterocycles. The normalized spacial score (nSPS) is 12.0. The number of nitrogen functional groups attached to an aromatic ring is 1. The number of hydrogen-bond donors (Lipinski definition) is 1. The number of anilines is 1. The SMILES string of the molecule is CC(C)(C)Cc1ccc2cc(F)c(N)nc2c1. The van der Waals surface area contributed by atoms with Crippen LogP contribution in [-0.4, -0.2) is 4.98 Å². The van der Waals surface area contributed by atoms with E-state index in [-0.39, 0.29) is 11.2 Å². The fourth-order valence-corrected chi connectivity index (χ4v) is 1.92. The minimum atomic E-state index is -0.457. The van der Waals surface area contributed by atoms with Gasteiger partial charge in [0.25, 0.3) is 0 Å². The van der Waals surface area contributed by atoms with Gasteiger partial charge >= 0.3 is 0 Å². The summed E-state index contributed by atoms with van der Waals surface area (Å²) >= 11 is 0. The number of halogens is 1. The van der Waals surface area contributed by atoms with Crippen molar-refractivity contribution in [2.45, 2.75) is 27.2 Å². The van der Waals surface area contributed by atoms with Crippen LogP contribution < -0.4 is 5.73 Å². The highest BCUT2D eigenvalue weighted by atomic mass is 19.1. The number of fused-ring (bicyclic) bond motifs is 1. The second kappa shape index (κ2) is 3.99. The van der Waals surface area contributed by atoms with Crippen LogP contribution in [0.1, 0.15) is 26.3 Å². The quantitative estimate of drug-likeness (QED) is 0.816. The van der Waals surface area contributed by atoms with E-state index in [4.69, 9.17) is 5.73 Å². The summed E-state index contributed by atoms with van der Waals surface area (Å²) in [4.78, 5) is 4.07. The molecule has 2 aromatic rings. The number of nitrogens with two attached hydrogens (primary N) is 1. The van der Waals surface area contributed by atoms with Gasteiger partial charge in [-0.2, -0.15) is 0 Å². The van der Waals surface area contributed by atoms with Crippen molar-refractivity contribution in [1.82, 2.24) is 4.98 Å². The lowest BCUT2D eigenvalue weighted by atomic mass is 9.88. The number of rotatable bonds is 1. The minimum Gasteiger partial charge on any atom is -0.381 e. The Morgan fingerprint density at radius 1 is 1.24 bits per heavy atom. The van der Waals surface area contributed by atoms with Gasteiger partial charge < -0.3 is 5.73 Å². The minimum absolute atomic E-state index is 0.0367. The van der Waals surface area contributed by atoms with Crippen LogP contribution in [-0.2, 0) is 6.42 Å². The van der Waals surface area contributed by atoms with Crippen molar-refractivity contribution >= 4 is 16.7 Å². The average molecular weight is 232 g/mol. The molecule has 0 aliphatic heterocycles. The summed E-state index contributed by atoms with van der Waals surface area (Å²) in [5, 5.41) is 0.786. The Bertz CT molecular complexity index is 556. The molecule has 0 atom stereocenters. The summed E-state index contributed by atoms with van der Waals surface area (Å²) in [5.74, 6) is -0.494. The van der Waals surface area contributed by atoms with Crippen molar-refractivity contribution in [3.8, 4) is 0 Å². The van der Waals surface area contributed by atoms with Gasteiger partial charge in [-0.1, -0.05) is 32.9 Å². The molecule has 2 N–H and O–H groups in total. The zero-order valence-electron chi connectivity index (χ0n) is 10.4. The van der Waals surface area contributed by atoms with Gasteiger partial charge in [0.2, 0.25) is 0 Å². The van der Waals surface area contributed by atoms with Crippen LogP contribution in [0.2, 0.25) is 0 Å². The third kappa shape index (κ3) is 2.73. The highest BCUT2D eigenvalue weighted by Crippen LogP contribution is 2.24. The van der Waals surface area contributed by atoms with E-state index >= 15 is 0 Å². The van der Waals surface area contributed by atoms with E-state index in [2.05, 4.69) is 25.8 Å². The first kappa shape index (κ1) is 11.8. The summed E-state index contributed by atoms with van der Waals surface area (Å²) in [6.07, 6.45) is 0.960. The molecule has 2 rings (SSSR count). The Morgan fingerprint density at radius 2 is 1.94 bits per heavy atom. The van der Waals surface area contributed by atoms with E-state index in [1.54, 1.807) is 0 Å². The van der Waals surface area contributed by atoms with E-state index in [0.717, 1.165) is 17.3 Å². The van der Waals surface area contributed by atoms with Crippen molar-refractivity contribution in [3.05, 3.63) is 35.6 Å². The zero-order chi connectivity index (χ0) is 12.6. The lowest BCUT2D eigenvalue weighted by molar-refractivity contribution is 0.411. The van der Waals surface area contributed by atoms with Gasteiger partial charge in [-0.05, 0) is 29.5 Å². The molecule has 0 spiro atoms. The Hall–Kier alpha value is -1.64. The van der Waals surface area contributed by atoms with Crippen LogP contribution in [0, 0.1) is 11.2 Å². The molecule has 0 saturated heterocycles. The molecule has 0 fully saturated rings. The highest BCUT2D eigenvalue weighted by molar-refractivity contribution is 5.80. The molecule has 2 nitrogen and oxygen atoms in total. The number of pyridine rings is 1. The van der Waals surface area contributed by atoms with E-state index < -0.39 is 5.82 Å². The third-order valence-electron chi connectivity index (χ3n) is 2.60. The van der Waals surface area contributed by atoms with E-state index in [9.17, 15) is 4.39 Å². The fraction of sp³-hybridized carbons (Fsp3) is 0.357. The topological polar surface area (TPSA) is 38.9 Å². The predicted octanol–water partition coefficient (Wildman–Crippen LogP) is 3.54. The number of nitrogens with zero attached hydrogens (tertiary/aromatic N) is 1. The fourth-order valence-electron chi connectivity index (χ4n) is 1.92. The molecule has 0 bridgehead atoms. The van der Waals surface area contributed by atoms with Gasteiger partial charge in [-0.3, -0.25) is 0 Å². The number of benzene rings is 1. The van der Waals surface area contributed by atoms with E-state index in [1.807, 2.05) is 18.2 Å². The first-order valence-corrected chi connectivity index (χ1v) is 5.70. The van der Waals surface area contributed by atoms with Crippen LogP contribution in [0.3, 0.4) is 0 Å². The van der Waals surface area contributed by atoms with Gasteiger partial charge in [0.1, 0.15) is 0 Å².